The molecule has 1 aromatic carbocycles. The molecule has 2 aromatic heterocycles. The fraction of sp³-hybridized carbons (Fsp3) is 0.167. The maximum Gasteiger partial charge on any atom is 0.254 e. The average Bonchev–Trinajstić information content (AvgIpc) is 3.15. The van der Waals surface area contributed by atoms with Crippen molar-refractivity contribution < 1.29 is 4.79 Å². The van der Waals surface area contributed by atoms with Gasteiger partial charge in [0.15, 0.2) is 0 Å². The highest BCUT2D eigenvalue weighted by Crippen LogP contribution is 2.29. The van der Waals surface area contributed by atoms with Gasteiger partial charge in [0.1, 0.15) is 12.1 Å². The first kappa shape index (κ1) is 17.5. The van der Waals surface area contributed by atoms with E-state index in [4.69, 9.17) is 23.2 Å². The Labute approximate surface area is 155 Å². The van der Waals surface area contributed by atoms with Gasteiger partial charge in [-0.25, -0.2) is 9.97 Å². The summed E-state index contributed by atoms with van der Waals surface area (Å²) < 4.78 is 1.75. The number of carbonyl (C=O) groups excluding carboxylic acids is 1. The van der Waals surface area contributed by atoms with Gasteiger partial charge in [-0.05, 0) is 36.8 Å². The third kappa shape index (κ3) is 3.67. The first-order valence-electron chi connectivity index (χ1n) is 7.64. The Kier molecular flexibility index (Phi) is 5.06. The van der Waals surface area contributed by atoms with Crippen LogP contribution < -0.4 is 0 Å². The maximum atomic E-state index is 12.9. The summed E-state index contributed by atoms with van der Waals surface area (Å²) in [6, 6.07) is 8.49. The number of rotatable bonds is 4. The van der Waals surface area contributed by atoms with Crippen molar-refractivity contribution in [2.75, 3.05) is 7.05 Å². The summed E-state index contributed by atoms with van der Waals surface area (Å²) in [5.74, 6) is 0.510. The molecule has 1 amide bonds. The minimum absolute atomic E-state index is 0.123. The second kappa shape index (κ2) is 7.25. The van der Waals surface area contributed by atoms with E-state index in [1.807, 2.05) is 13.0 Å². The quantitative estimate of drug-likeness (QED) is 0.679. The SMILES string of the molecule is CC(c1ccc(Cl)cc1Cl)N(C)C(=O)c1ccnc(-n2ccnc2)c1. The highest BCUT2D eigenvalue weighted by Gasteiger charge is 2.21. The number of imidazole rings is 1. The number of carbonyl (C=O) groups is 1. The Morgan fingerprint density at radius 3 is 2.68 bits per heavy atom. The highest BCUT2D eigenvalue weighted by molar-refractivity contribution is 6.35. The van der Waals surface area contributed by atoms with Crippen LogP contribution in [0.15, 0.2) is 55.2 Å². The molecule has 3 aromatic rings. The molecule has 0 bridgehead atoms. The van der Waals surface area contributed by atoms with E-state index in [0.717, 1.165) is 5.56 Å². The van der Waals surface area contributed by atoms with Gasteiger partial charge in [0, 0.05) is 41.2 Å². The van der Waals surface area contributed by atoms with E-state index < -0.39 is 0 Å². The monoisotopic (exact) mass is 374 g/mol. The molecule has 2 heterocycles. The van der Waals surface area contributed by atoms with Crippen LogP contribution in [0.1, 0.15) is 28.9 Å². The van der Waals surface area contributed by atoms with Crippen LogP contribution in [0.5, 0.6) is 0 Å². The number of hydrogen-bond acceptors (Lipinski definition) is 3. The van der Waals surface area contributed by atoms with E-state index in [2.05, 4.69) is 9.97 Å². The zero-order valence-corrected chi connectivity index (χ0v) is 15.2. The van der Waals surface area contributed by atoms with E-state index in [1.165, 1.54) is 0 Å². The highest BCUT2D eigenvalue weighted by atomic mass is 35.5. The standard InChI is InChI=1S/C18H16Cl2N4O/c1-12(15-4-3-14(19)10-16(15)20)23(2)18(25)13-5-6-22-17(9-13)24-8-7-21-11-24/h3-12H,1-2H3. The van der Waals surface area contributed by atoms with Crippen molar-refractivity contribution in [2.24, 2.45) is 0 Å². The van der Waals surface area contributed by atoms with Crippen molar-refractivity contribution in [3.63, 3.8) is 0 Å². The first-order chi connectivity index (χ1) is 12.0. The van der Waals surface area contributed by atoms with Gasteiger partial charge < -0.3 is 4.90 Å². The molecule has 0 radical (unpaired) electrons. The molecule has 3 rings (SSSR count). The Balaban J connectivity index is 1.86. The van der Waals surface area contributed by atoms with E-state index in [-0.39, 0.29) is 11.9 Å². The molecule has 128 valence electrons. The molecule has 0 aliphatic rings. The molecule has 0 aliphatic heterocycles. The summed E-state index contributed by atoms with van der Waals surface area (Å²) in [7, 11) is 1.75. The van der Waals surface area contributed by atoms with Crippen LogP contribution in [0.3, 0.4) is 0 Å². The lowest BCUT2D eigenvalue weighted by Gasteiger charge is -2.26. The van der Waals surface area contributed by atoms with E-state index in [9.17, 15) is 4.79 Å². The number of nitrogens with zero attached hydrogens (tertiary/aromatic N) is 4. The smallest absolute Gasteiger partial charge is 0.254 e. The number of benzene rings is 1. The molecule has 25 heavy (non-hydrogen) atoms. The number of amides is 1. The van der Waals surface area contributed by atoms with Crippen LogP contribution in [0.4, 0.5) is 0 Å². The fourth-order valence-corrected chi connectivity index (χ4v) is 3.08. The molecule has 0 spiro atoms. The lowest BCUT2D eigenvalue weighted by Crippen LogP contribution is -2.30. The van der Waals surface area contributed by atoms with Gasteiger partial charge in [0.05, 0.1) is 6.04 Å². The summed E-state index contributed by atoms with van der Waals surface area (Å²) in [5, 5.41) is 1.10. The summed E-state index contributed by atoms with van der Waals surface area (Å²) in [6.07, 6.45) is 6.68. The summed E-state index contributed by atoms with van der Waals surface area (Å²) in [5.41, 5.74) is 1.38. The Morgan fingerprint density at radius 2 is 2.00 bits per heavy atom. The molecule has 0 saturated carbocycles. The van der Waals surface area contributed by atoms with Gasteiger partial charge in [-0.3, -0.25) is 9.36 Å². The number of pyridine rings is 1. The minimum Gasteiger partial charge on any atom is -0.335 e. The van der Waals surface area contributed by atoms with Crippen LogP contribution in [0.25, 0.3) is 5.82 Å². The Bertz CT molecular complexity index is 896. The second-order valence-corrected chi connectivity index (χ2v) is 6.47. The predicted molar refractivity (Wildman–Crippen MR) is 98.3 cm³/mol. The molecule has 0 saturated heterocycles. The predicted octanol–water partition coefficient (Wildman–Crippen LogP) is 4.41. The summed E-state index contributed by atoms with van der Waals surface area (Å²) in [6.45, 7) is 1.92. The molecular weight excluding hydrogens is 359 g/mol. The molecule has 1 unspecified atom stereocenters. The normalized spacial score (nSPS) is 12.0. The zero-order valence-electron chi connectivity index (χ0n) is 13.7. The third-order valence-electron chi connectivity index (χ3n) is 4.08. The molecule has 7 heteroatoms. The summed E-state index contributed by atoms with van der Waals surface area (Å²) >= 11 is 12.2. The van der Waals surface area contributed by atoms with Gasteiger partial charge in [-0.15, -0.1) is 0 Å². The molecule has 0 fully saturated rings. The van der Waals surface area contributed by atoms with Gasteiger partial charge in [0.2, 0.25) is 0 Å². The van der Waals surface area contributed by atoms with Gasteiger partial charge in [-0.2, -0.15) is 0 Å². The lowest BCUT2D eigenvalue weighted by molar-refractivity contribution is 0.0742. The van der Waals surface area contributed by atoms with Gasteiger partial charge in [0.25, 0.3) is 5.91 Å². The van der Waals surface area contributed by atoms with Crippen molar-refractivity contribution in [1.82, 2.24) is 19.4 Å². The van der Waals surface area contributed by atoms with Crippen molar-refractivity contribution in [1.29, 1.82) is 0 Å². The largest absolute Gasteiger partial charge is 0.335 e. The summed E-state index contributed by atoms with van der Waals surface area (Å²) in [4.78, 5) is 22.8. The second-order valence-electron chi connectivity index (χ2n) is 5.63. The van der Waals surface area contributed by atoms with Crippen LogP contribution in [-0.4, -0.2) is 32.4 Å². The van der Waals surface area contributed by atoms with Crippen molar-refractivity contribution in [2.45, 2.75) is 13.0 Å². The molecule has 0 N–H and O–H groups in total. The maximum absolute atomic E-state index is 12.9. The lowest BCUT2D eigenvalue weighted by atomic mass is 10.1. The van der Waals surface area contributed by atoms with Crippen molar-refractivity contribution in [3.8, 4) is 5.82 Å². The minimum atomic E-state index is -0.206. The Hall–Kier alpha value is -2.37. The van der Waals surface area contributed by atoms with Crippen LogP contribution in [0, 0.1) is 0 Å². The Morgan fingerprint density at radius 1 is 1.20 bits per heavy atom. The van der Waals surface area contributed by atoms with Gasteiger partial charge in [-0.1, -0.05) is 29.3 Å². The molecule has 1 atom stereocenters. The van der Waals surface area contributed by atoms with Crippen LogP contribution >= 0.6 is 23.2 Å². The van der Waals surface area contributed by atoms with E-state index >= 15 is 0 Å². The fourth-order valence-electron chi connectivity index (χ4n) is 2.52. The molecular formula is C18H16Cl2N4O. The van der Waals surface area contributed by atoms with Crippen molar-refractivity contribution in [3.05, 3.63) is 76.4 Å². The van der Waals surface area contributed by atoms with E-state index in [0.29, 0.717) is 21.4 Å². The first-order valence-corrected chi connectivity index (χ1v) is 8.39. The molecule has 5 nitrogen and oxygen atoms in total. The third-order valence-corrected chi connectivity index (χ3v) is 4.64. The molecule has 0 aliphatic carbocycles. The number of halogens is 2. The van der Waals surface area contributed by atoms with Crippen molar-refractivity contribution >= 4 is 29.1 Å². The van der Waals surface area contributed by atoms with Crippen LogP contribution in [-0.2, 0) is 0 Å². The zero-order chi connectivity index (χ0) is 18.0. The number of aromatic nitrogens is 3. The average molecular weight is 375 g/mol. The van der Waals surface area contributed by atoms with Gasteiger partial charge >= 0.3 is 0 Å². The number of hydrogen-bond donors (Lipinski definition) is 0. The van der Waals surface area contributed by atoms with E-state index in [1.54, 1.807) is 65.7 Å². The van der Waals surface area contributed by atoms with Crippen LogP contribution in [0.2, 0.25) is 10.0 Å². The topological polar surface area (TPSA) is 51.0 Å².